The van der Waals surface area contributed by atoms with Gasteiger partial charge in [-0.15, -0.1) is 0 Å². The van der Waals surface area contributed by atoms with Crippen molar-refractivity contribution in [1.29, 1.82) is 0 Å². The Kier molecular flexibility index (Phi) is 7.28. The van der Waals surface area contributed by atoms with Crippen LogP contribution in [-0.4, -0.2) is 33.3 Å². The van der Waals surface area contributed by atoms with Gasteiger partial charge in [0.05, 0.1) is 16.4 Å². The van der Waals surface area contributed by atoms with E-state index < -0.39 is 16.1 Å². The Morgan fingerprint density at radius 3 is 2.46 bits per heavy atom. The summed E-state index contributed by atoms with van der Waals surface area (Å²) < 4.78 is 5.75. The Labute approximate surface area is 209 Å². The van der Waals surface area contributed by atoms with Crippen LogP contribution < -0.4 is 4.74 Å². The summed E-state index contributed by atoms with van der Waals surface area (Å²) in [5, 5.41) is 10.7. The number of amides is 2. The van der Waals surface area contributed by atoms with Crippen molar-refractivity contribution in [2.24, 2.45) is 0 Å². The van der Waals surface area contributed by atoms with Crippen LogP contribution >= 0.6 is 23.4 Å². The van der Waals surface area contributed by atoms with Crippen molar-refractivity contribution in [3.05, 3.63) is 110 Å². The van der Waals surface area contributed by atoms with Crippen molar-refractivity contribution < 1.29 is 24.0 Å². The van der Waals surface area contributed by atoms with E-state index in [0.29, 0.717) is 21.9 Å². The first-order chi connectivity index (χ1) is 16.8. The van der Waals surface area contributed by atoms with Gasteiger partial charge >= 0.3 is 0 Å². The van der Waals surface area contributed by atoms with E-state index in [9.17, 15) is 24.5 Å². The number of thioether (sulfide) groups is 1. The van der Waals surface area contributed by atoms with Crippen LogP contribution in [0, 0.1) is 10.1 Å². The zero-order valence-electron chi connectivity index (χ0n) is 18.0. The van der Waals surface area contributed by atoms with Crippen LogP contribution in [0.2, 0.25) is 5.02 Å². The number of ketones is 1. The lowest BCUT2D eigenvalue weighted by Crippen LogP contribution is -2.33. The Morgan fingerprint density at radius 2 is 1.77 bits per heavy atom. The largest absolute Gasteiger partial charge is 0.489 e. The van der Waals surface area contributed by atoms with Crippen molar-refractivity contribution >= 4 is 52.1 Å². The van der Waals surface area contributed by atoms with Gasteiger partial charge in [-0.2, -0.15) is 0 Å². The molecule has 0 aromatic heterocycles. The fraction of sp³-hybridized carbons (Fsp3) is 0.0800. The summed E-state index contributed by atoms with van der Waals surface area (Å²) in [4.78, 5) is 49.1. The lowest BCUT2D eigenvalue weighted by atomic mass is 10.1. The minimum absolute atomic E-state index is 0.000408. The van der Waals surface area contributed by atoms with Crippen LogP contribution in [-0.2, 0) is 11.4 Å². The first kappa shape index (κ1) is 24.2. The highest BCUT2D eigenvalue weighted by Gasteiger charge is 2.36. The molecule has 0 aliphatic carbocycles. The Bertz CT molecular complexity index is 1340. The van der Waals surface area contributed by atoms with Gasteiger partial charge < -0.3 is 4.74 Å². The minimum Gasteiger partial charge on any atom is -0.489 e. The van der Waals surface area contributed by atoms with E-state index in [1.165, 1.54) is 12.1 Å². The molecule has 1 aliphatic rings. The number of hydrogen-bond donors (Lipinski definition) is 0. The number of carbonyl (C=O) groups is 3. The number of rotatable bonds is 8. The number of hydrogen-bond acceptors (Lipinski definition) is 7. The third kappa shape index (κ3) is 5.95. The van der Waals surface area contributed by atoms with Gasteiger partial charge in [0.25, 0.3) is 16.8 Å². The molecule has 8 nitrogen and oxygen atoms in total. The average Bonchev–Trinajstić information content (AvgIpc) is 3.11. The predicted molar refractivity (Wildman–Crippen MR) is 132 cm³/mol. The van der Waals surface area contributed by atoms with Crippen LogP contribution in [0.4, 0.5) is 10.5 Å². The molecule has 0 spiro atoms. The number of nitro groups is 1. The molecule has 0 bridgehead atoms. The number of ether oxygens (including phenoxy) is 1. The molecule has 0 saturated carbocycles. The van der Waals surface area contributed by atoms with E-state index >= 15 is 0 Å². The molecule has 0 N–H and O–H groups in total. The minimum atomic E-state index is -0.542. The van der Waals surface area contributed by atoms with Crippen molar-refractivity contribution in [3.8, 4) is 5.75 Å². The molecule has 1 fully saturated rings. The molecule has 2 amide bonds. The molecule has 10 heteroatoms. The molecule has 1 aliphatic heterocycles. The highest BCUT2D eigenvalue weighted by Crippen LogP contribution is 2.33. The maximum atomic E-state index is 12.8. The summed E-state index contributed by atoms with van der Waals surface area (Å²) in [5.41, 5.74) is 1.75. The Balaban J connectivity index is 1.41. The van der Waals surface area contributed by atoms with E-state index in [-0.39, 0.29) is 29.5 Å². The summed E-state index contributed by atoms with van der Waals surface area (Å²) in [7, 11) is 0. The summed E-state index contributed by atoms with van der Waals surface area (Å²) in [6, 6.07) is 19.2. The summed E-state index contributed by atoms with van der Waals surface area (Å²) in [6.07, 6.45) is 1.57. The van der Waals surface area contributed by atoms with Crippen LogP contribution in [0.25, 0.3) is 6.08 Å². The number of carbonyl (C=O) groups excluding carboxylic acids is 3. The molecular weight excluding hydrogens is 492 g/mol. The van der Waals surface area contributed by atoms with Crippen LogP contribution in [0.5, 0.6) is 5.75 Å². The van der Waals surface area contributed by atoms with Gasteiger partial charge in [-0.25, -0.2) is 0 Å². The molecule has 3 aromatic rings. The van der Waals surface area contributed by atoms with Gasteiger partial charge in [0, 0.05) is 22.7 Å². The van der Waals surface area contributed by atoms with Gasteiger partial charge in [-0.3, -0.25) is 29.4 Å². The molecule has 1 heterocycles. The number of Topliss-reactive ketones (excluding diaryl/α,β-unsaturated/α-hetero) is 1. The highest BCUT2D eigenvalue weighted by molar-refractivity contribution is 8.18. The van der Waals surface area contributed by atoms with Crippen LogP contribution in [0.15, 0.2) is 77.7 Å². The highest BCUT2D eigenvalue weighted by atomic mass is 35.5. The third-order valence-electron chi connectivity index (χ3n) is 5.05. The monoisotopic (exact) mass is 508 g/mol. The first-order valence-corrected chi connectivity index (χ1v) is 11.5. The smallest absolute Gasteiger partial charge is 0.293 e. The van der Waals surface area contributed by atoms with Crippen molar-refractivity contribution in [1.82, 2.24) is 4.90 Å². The summed E-state index contributed by atoms with van der Waals surface area (Å²) in [6.45, 7) is -0.160. The number of non-ortho nitro benzene ring substituents is 1. The Morgan fingerprint density at radius 1 is 1.06 bits per heavy atom. The number of benzene rings is 3. The molecule has 0 unspecified atom stereocenters. The zero-order chi connectivity index (χ0) is 24.9. The lowest BCUT2D eigenvalue weighted by molar-refractivity contribution is -0.384. The molecule has 35 heavy (non-hydrogen) atoms. The normalized spacial score (nSPS) is 14.4. The van der Waals surface area contributed by atoms with Crippen molar-refractivity contribution in [3.63, 3.8) is 0 Å². The average molecular weight is 509 g/mol. The zero-order valence-corrected chi connectivity index (χ0v) is 19.6. The molecule has 3 aromatic carbocycles. The first-order valence-electron chi connectivity index (χ1n) is 10.3. The molecule has 0 radical (unpaired) electrons. The molecular formula is C25H17ClN2O6S. The van der Waals surface area contributed by atoms with Gasteiger partial charge in [0.1, 0.15) is 12.4 Å². The molecule has 0 atom stereocenters. The van der Waals surface area contributed by atoms with E-state index in [0.717, 1.165) is 22.2 Å². The van der Waals surface area contributed by atoms with E-state index in [1.807, 2.05) is 0 Å². The number of halogens is 1. The third-order valence-corrected chi connectivity index (χ3v) is 6.21. The lowest BCUT2D eigenvalue weighted by Gasteiger charge is -2.11. The SMILES string of the molecule is O=C(CN1C(=O)S/C(=C/c2cccc(OCc3ccc([N+](=O)[O-])cc3)c2)C1=O)c1ccc(Cl)cc1. The van der Waals surface area contributed by atoms with Gasteiger partial charge in [0.2, 0.25) is 0 Å². The standard InChI is InChI=1S/C25H17ClN2O6S/c26-19-8-6-18(7-9-19)22(29)14-27-24(30)23(35-25(27)31)13-17-2-1-3-21(12-17)34-15-16-4-10-20(11-5-16)28(32)33/h1-13H,14-15H2/b23-13+. The van der Waals surface area contributed by atoms with E-state index in [2.05, 4.69) is 0 Å². The fourth-order valence-electron chi connectivity index (χ4n) is 3.23. The van der Waals surface area contributed by atoms with Gasteiger partial charge in [-0.1, -0.05) is 23.7 Å². The quantitative estimate of drug-likeness (QED) is 0.165. The van der Waals surface area contributed by atoms with Crippen molar-refractivity contribution in [2.45, 2.75) is 6.61 Å². The van der Waals surface area contributed by atoms with E-state index in [1.54, 1.807) is 66.7 Å². The summed E-state index contributed by atoms with van der Waals surface area (Å²) in [5.74, 6) is -0.388. The van der Waals surface area contributed by atoms with Gasteiger partial charge in [0.15, 0.2) is 5.78 Å². The van der Waals surface area contributed by atoms with Crippen molar-refractivity contribution in [2.75, 3.05) is 6.54 Å². The van der Waals surface area contributed by atoms with E-state index in [4.69, 9.17) is 16.3 Å². The predicted octanol–water partition coefficient (Wildman–Crippen LogP) is 5.75. The molecule has 4 rings (SSSR count). The maximum absolute atomic E-state index is 12.8. The second kappa shape index (κ2) is 10.5. The molecule has 1 saturated heterocycles. The van der Waals surface area contributed by atoms with Crippen LogP contribution in [0.3, 0.4) is 0 Å². The second-order valence-electron chi connectivity index (χ2n) is 7.48. The maximum Gasteiger partial charge on any atom is 0.293 e. The second-order valence-corrected chi connectivity index (χ2v) is 8.91. The number of imide groups is 1. The summed E-state index contributed by atoms with van der Waals surface area (Å²) >= 11 is 6.60. The van der Waals surface area contributed by atoms with Crippen LogP contribution in [0.1, 0.15) is 21.5 Å². The fourth-order valence-corrected chi connectivity index (χ4v) is 4.20. The number of nitrogens with zero attached hydrogens (tertiary/aromatic N) is 2. The molecule has 176 valence electrons. The topological polar surface area (TPSA) is 107 Å². The van der Waals surface area contributed by atoms with Gasteiger partial charge in [-0.05, 0) is 77.5 Å². The number of nitro benzene ring substituents is 1. The Hall–Kier alpha value is -3.95.